The Morgan fingerprint density at radius 2 is 1.81 bits per heavy atom. The van der Waals surface area contributed by atoms with Crippen LogP contribution in [0.3, 0.4) is 0 Å². The van der Waals surface area contributed by atoms with E-state index in [-0.39, 0.29) is 5.91 Å². The average molecular weight is 286 g/mol. The maximum absolute atomic E-state index is 11.9. The Bertz CT molecular complexity index is 594. The molecule has 1 aromatic heterocycles. The van der Waals surface area contributed by atoms with Crippen LogP contribution in [0.1, 0.15) is 5.56 Å². The molecule has 0 saturated carbocycles. The summed E-state index contributed by atoms with van der Waals surface area (Å²) in [7, 11) is 5.33. The number of anilines is 2. The average Bonchev–Trinajstić information content (AvgIpc) is 2.48. The topological polar surface area (TPSA) is 67.3 Å². The summed E-state index contributed by atoms with van der Waals surface area (Å²) in [6, 6.07) is 7.39. The number of carbonyl (C=O) groups is 1. The van der Waals surface area contributed by atoms with Crippen molar-refractivity contribution in [2.45, 2.75) is 6.42 Å². The lowest BCUT2D eigenvalue weighted by atomic mass is 10.1. The van der Waals surface area contributed by atoms with Crippen molar-refractivity contribution in [2.24, 2.45) is 0 Å². The lowest BCUT2D eigenvalue weighted by Crippen LogP contribution is -2.16. The molecule has 0 saturated heterocycles. The zero-order valence-corrected chi connectivity index (χ0v) is 12.3. The molecule has 1 N–H and O–H groups in total. The number of ether oxygens (including phenoxy) is 1. The summed E-state index contributed by atoms with van der Waals surface area (Å²) >= 11 is 0. The predicted molar refractivity (Wildman–Crippen MR) is 81.7 cm³/mol. The van der Waals surface area contributed by atoms with Gasteiger partial charge in [-0.05, 0) is 17.7 Å². The molecule has 0 radical (unpaired) electrons. The fourth-order valence-corrected chi connectivity index (χ4v) is 1.75. The van der Waals surface area contributed by atoms with Crippen molar-refractivity contribution in [1.29, 1.82) is 0 Å². The molecule has 0 aliphatic carbocycles. The quantitative estimate of drug-likeness (QED) is 0.906. The number of benzene rings is 1. The second kappa shape index (κ2) is 6.69. The van der Waals surface area contributed by atoms with Gasteiger partial charge in [-0.3, -0.25) is 4.79 Å². The van der Waals surface area contributed by atoms with Crippen molar-refractivity contribution in [3.8, 4) is 5.75 Å². The number of hydrogen-bond acceptors (Lipinski definition) is 5. The van der Waals surface area contributed by atoms with Gasteiger partial charge in [-0.1, -0.05) is 12.1 Å². The summed E-state index contributed by atoms with van der Waals surface area (Å²) in [6.07, 6.45) is 3.47. The van der Waals surface area contributed by atoms with Crippen LogP contribution >= 0.6 is 0 Å². The predicted octanol–water partition coefficient (Wildman–Crippen LogP) is 1.73. The third kappa shape index (κ3) is 4.17. The van der Waals surface area contributed by atoms with Crippen LogP contribution in [-0.2, 0) is 11.2 Å². The largest absolute Gasteiger partial charge is 0.497 e. The van der Waals surface area contributed by atoms with E-state index < -0.39 is 0 Å². The van der Waals surface area contributed by atoms with E-state index in [1.807, 2.05) is 38.4 Å². The molecule has 0 bridgehead atoms. The Morgan fingerprint density at radius 1 is 1.19 bits per heavy atom. The van der Waals surface area contributed by atoms with E-state index >= 15 is 0 Å². The summed E-state index contributed by atoms with van der Waals surface area (Å²) in [5, 5.41) is 2.77. The van der Waals surface area contributed by atoms with E-state index in [4.69, 9.17) is 4.74 Å². The maximum Gasteiger partial charge on any atom is 0.228 e. The Balaban J connectivity index is 1.94. The van der Waals surface area contributed by atoms with E-state index in [0.717, 1.165) is 11.3 Å². The van der Waals surface area contributed by atoms with Crippen LogP contribution in [-0.4, -0.2) is 37.1 Å². The number of rotatable bonds is 5. The van der Waals surface area contributed by atoms with E-state index in [1.54, 1.807) is 24.4 Å². The summed E-state index contributed by atoms with van der Waals surface area (Å²) in [5.41, 5.74) is 1.50. The van der Waals surface area contributed by atoms with Gasteiger partial charge in [0.05, 0.1) is 31.6 Å². The van der Waals surface area contributed by atoms with E-state index in [0.29, 0.717) is 18.1 Å². The minimum atomic E-state index is -0.110. The van der Waals surface area contributed by atoms with E-state index in [9.17, 15) is 4.79 Å². The van der Waals surface area contributed by atoms with Gasteiger partial charge in [0.25, 0.3) is 0 Å². The molecule has 6 nitrogen and oxygen atoms in total. The molecule has 2 rings (SSSR count). The molecule has 2 aromatic rings. The highest BCUT2D eigenvalue weighted by Gasteiger charge is 2.06. The Kier molecular flexibility index (Phi) is 4.71. The van der Waals surface area contributed by atoms with Crippen molar-refractivity contribution in [1.82, 2.24) is 9.97 Å². The molecule has 0 spiro atoms. The van der Waals surface area contributed by atoms with Crippen LogP contribution < -0.4 is 15.0 Å². The highest BCUT2D eigenvalue weighted by Crippen LogP contribution is 2.13. The molecule has 110 valence electrons. The van der Waals surface area contributed by atoms with Gasteiger partial charge in [0.15, 0.2) is 0 Å². The van der Waals surface area contributed by atoms with Crippen LogP contribution in [0.4, 0.5) is 11.6 Å². The molecule has 1 aromatic carbocycles. The Morgan fingerprint density at radius 3 is 2.33 bits per heavy atom. The number of nitrogens with one attached hydrogen (secondary N) is 1. The van der Waals surface area contributed by atoms with Gasteiger partial charge in [-0.2, -0.15) is 0 Å². The molecule has 0 aliphatic heterocycles. The zero-order chi connectivity index (χ0) is 15.2. The van der Waals surface area contributed by atoms with Gasteiger partial charge in [0.2, 0.25) is 11.9 Å². The summed E-state index contributed by atoms with van der Waals surface area (Å²) in [5.74, 6) is 1.26. The molecule has 1 amide bonds. The van der Waals surface area contributed by atoms with Gasteiger partial charge in [0.1, 0.15) is 5.75 Å². The SMILES string of the molecule is COc1ccc(CC(=O)Nc2cnc(N(C)C)nc2)cc1. The van der Waals surface area contributed by atoms with Crippen molar-refractivity contribution >= 4 is 17.5 Å². The van der Waals surface area contributed by atoms with Gasteiger partial charge in [-0.25, -0.2) is 9.97 Å². The van der Waals surface area contributed by atoms with Crippen molar-refractivity contribution < 1.29 is 9.53 Å². The second-order valence-corrected chi connectivity index (χ2v) is 4.74. The fourth-order valence-electron chi connectivity index (χ4n) is 1.75. The summed E-state index contributed by atoms with van der Waals surface area (Å²) < 4.78 is 5.08. The first kappa shape index (κ1) is 14.8. The first-order valence-corrected chi connectivity index (χ1v) is 6.50. The monoisotopic (exact) mass is 286 g/mol. The highest BCUT2D eigenvalue weighted by molar-refractivity contribution is 5.92. The summed E-state index contributed by atoms with van der Waals surface area (Å²) in [4.78, 5) is 22.0. The molecule has 6 heteroatoms. The summed E-state index contributed by atoms with van der Waals surface area (Å²) in [6.45, 7) is 0. The van der Waals surface area contributed by atoms with Crippen LogP contribution in [0.15, 0.2) is 36.7 Å². The van der Waals surface area contributed by atoms with Crippen LogP contribution in [0.5, 0.6) is 5.75 Å². The van der Waals surface area contributed by atoms with Crippen LogP contribution in [0.2, 0.25) is 0 Å². The molecule has 1 heterocycles. The van der Waals surface area contributed by atoms with Crippen molar-refractivity contribution in [2.75, 3.05) is 31.4 Å². The minimum absolute atomic E-state index is 0.110. The molecular formula is C15H18N4O2. The lowest BCUT2D eigenvalue weighted by molar-refractivity contribution is -0.115. The molecular weight excluding hydrogens is 268 g/mol. The zero-order valence-electron chi connectivity index (χ0n) is 12.3. The first-order valence-electron chi connectivity index (χ1n) is 6.50. The van der Waals surface area contributed by atoms with Gasteiger partial charge >= 0.3 is 0 Å². The van der Waals surface area contributed by atoms with Gasteiger partial charge in [0, 0.05) is 14.1 Å². The number of methoxy groups -OCH3 is 1. The molecule has 0 unspecified atom stereocenters. The normalized spacial score (nSPS) is 10.0. The molecule has 0 aliphatic rings. The third-order valence-corrected chi connectivity index (χ3v) is 2.85. The second-order valence-electron chi connectivity index (χ2n) is 4.74. The van der Waals surface area contributed by atoms with Gasteiger partial charge in [-0.15, -0.1) is 0 Å². The maximum atomic E-state index is 11.9. The number of nitrogens with zero attached hydrogens (tertiary/aromatic N) is 3. The highest BCUT2D eigenvalue weighted by atomic mass is 16.5. The molecule has 0 fully saturated rings. The van der Waals surface area contributed by atoms with Crippen molar-refractivity contribution in [3.63, 3.8) is 0 Å². The number of amides is 1. The fraction of sp³-hybridized carbons (Fsp3) is 0.267. The number of hydrogen-bond donors (Lipinski definition) is 1. The first-order chi connectivity index (χ1) is 10.1. The van der Waals surface area contributed by atoms with Crippen LogP contribution in [0.25, 0.3) is 0 Å². The number of aromatic nitrogens is 2. The molecule has 21 heavy (non-hydrogen) atoms. The Hall–Kier alpha value is -2.63. The van der Waals surface area contributed by atoms with Crippen LogP contribution in [0, 0.1) is 0 Å². The lowest BCUT2D eigenvalue weighted by Gasteiger charge is -2.10. The standard InChI is InChI=1S/C15H18N4O2/c1-19(2)15-16-9-12(10-17-15)18-14(20)8-11-4-6-13(21-3)7-5-11/h4-7,9-10H,8H2,1-3H3,(H,18,20). The number of carbonyl (C=O) groups excluding carboxylic acids is 1. The smallest absolute Gasteiger partial charge is 0.228 e. The molecule has 0 atom stereocenters. The van der Waals surface area contributed by atoms with Gasteiger partial charge < -0.3 is 15.0 Å². The minimum Gasteiger partial charge on any atom is -0.497 e. The third-order valence-electron chi connectivity index (χ3n) is 2.85. The Labute approximate surface area is 123 Å². The van der Waals surface area contributed by atoms with E-state index in [1.165, 1.54) is 0 Å². The van der Waals surface area contributed by atoms with E-state index in [2.05, 4.69) is 15.3 Å². The van der Waals surface area contributed by atoms with Crippen molar-refractivity contribution in [3.05, 3.63) is 42.2 Å².